The summed E-state index contributed by atoms with van der Waals surface area (Å²) in [5, 5.41) is 12.5. The molecule has 3 rings (SSSR count). The largest absolute Gasteiger partial charge is 0.374 e. The summed E-state index contributed by atoms with van der Waals surface area (Å²) in [5.41, 5.74) is 6.72. The average Bonchev–Trinajstić information content (AvgIpc) is 3.11. The zero-order chi connectivity index (χ0) is 13.8. The maximum absolute atomic E-state index is 5.55. The summed E-state index contributed by atoms with van der Waals surface area (Å²) in [7, 11) is 0. The second kappa shape index (κ2) is 6.13. The lowest BCUT2D eigenvalue weighted by Gasteiger charge is -2.10. The van der Waals surface area contributed by atoms with Crippen molar-refractivity contribution in [2.24, 2.45) is 0 Å². The highest BCUT2D eigenvalue weighted by atomic mass is 32.1. The molecule has 1 saturated carbocycles. The molecule has 2 aromatic rings. The van der Waals surface area contributed by atoms with Crippen LogP contribution in [0.25, 0.3) is 0 Å². The fourth-order valence-corrected chi connectivity index (χ4v) is 3.16. The van der Waals surface area contributed by atoms with E-state index >= 15 is 0 Å². The van der Waals surface area contributed by atoms with Crippen molar-refractivity contribution in [3.63, 3.8) is 0 Å². The number of rotatable bonds is 5. The number of aromatic nitrogens is 4. The van der Waals surface area contributed by atoms with Gasteiger partial charge >= 0.3 is 0 Å². The second-order valence-corrected chi connectivity index (χ2v) is 6.09. The maximum atomic E-state index is 5.55. The average molecular weight is 290 g/mol. The summed E-state index contributed by atoms with van der Waals surface area (Å²) in [6.07, 6.45) is 7.75. The number of nitrogen functional groups attached to an aromatic ring is 1. The molecule has 2 aromatic heterocycles. The highest BCUT2D eigenvalue weighted by Crippen LogP contribution is 2.32. The number of anilines is 2. The van der Waals surface area contributed by atoms with Gasteiger partial charge in [-0.05, 0) is 18.9 Å². The van der Waals surface area contributed by atoms with Crippen LogP contribution in [0.5, 0.6) is 0 Å². The lowest BCUT2D eigenvalue weighted by atomic mass is 10.0. The van der Waals surface area contributed by atoms with Crippen molar-refractivity contribution in [2.45, 2.75) is 38.0 Å². The van der Waals surface area contributed by atoms with Crippen molar-refractivity contribution >= 4 is 22.4 Å². The molecule has 0 bridgehead atoms. The standard InChI is InChI=1S/C13H18N6S/c14-12-19-18-11(20-12)6-8-16-13-15-7-5-10(17-13)9-3-1-2-4-9/h5,7,9H,1-4,6,8H2,(H2,14,19)(H,15,16,17). The number of nitrogens with one attached hydrogen (secondary N) is 1. The summed E-state index contributed by atoms with van der Waals surface area (Å²) >= 11 is 1.42. The van der Waals surface area contributed by atoms with Crippen LogP contribution in [-0.4, -0.2) is 26.7 Å². The first-order valence-corrected chi connectivity index (χ1v) is 7.77. The van der Waals surface area contributed by atoms with E-state index in [1.165, 1.54) is 42.7 Å². The van der Waals surface area contributed by atoms with E-state index in [1.807, 2.05) is 12.3 Å². The van der Waals surface area contributed by atoms with E-state index in [-0.39, 0.29) is 0 Å². The lowest BCUT2D eigenvalue weighted by Crippen LogP contribution is -2.09. The van der Waals surface area contributed by atoms with E-state index < -0.39 is 0 Å². The predicted molar refractivity (Wildman–Crippen MR) is 79.8 cm³/mol. The van der Waals surface area contributed by atoms with E-state index in [4.69, 9.17) is 5.73 Å². The third-order valence-electron chi connectivity index (χ3n) is 3.56. The van der Waals surface area contributed by atoms with Gasteiger partial charge in [-0.25, -0.2) is 9.97 Å². The topological polar surface area (TPSA) is 89.6 Å². The first-order chi connectivity index (χ1) is 9.81. The molecule has 0 aliphatic heterocycles. The molecular weight excluding hydrogens is 272 g/mol. The van der Waals surface area contributed by atoms with Gasteiger partial charge in [0.15, 0.2) is 0 Å². The van der Waals surface area contributed by atoms with Crippen LogP contribution in [-0.2, 0) is 6.42 Å². The Labute approximate surface area is 121 Å². The van der Waals surface area contributed by atoms with Crippen molar-refractivity contribution < 1.29 is 0 Å². The summed E-state index contributed by atoms with van der Waals surface area (Å²) in [6, 6.07) is 2.03. The second-order valence-electron chi connectivity index (χ2n) is 5.00. The third-order valence-corrected chi connectivity index (χ3v) is 4.37. The molecule has 1 aliphatic rings. The molecule has 6 nitrogen and oxygen atoms in total. The van der Waals surface area contributed by atoms with Crippen molar-refractivity contribution in [1.82, 2.24) is 20.2 Å². The zero-order valence-corrected chi connectivity index (χ0v) is 12.1. The van der Waals surface area contributed by atoms with Crippen LogP contribution in [0.3, 0.4) is 0 Å². The normalized spacial score (nSPS) is 15.6. The van der Waals surface area contributed by atoms with Crippen LogP contribution in [0.2, 0.25) is 0 Å². The molecule has 1 aliphatic carbocycles. The first kappa shape index (κ1) is 13.2. The summed E-state index contributed by atoms with van der Waals surface area (Å²) in [4.78, 5) is 8.88. The summed E-state index contributed by atoms with van der Waals surface area (Å²) in [6.45, 7) is 0.739. The molecule has 0 radical (unpaired) electrons. The Morgan fingerprint density at radius 2 is 2.15 bits per heavy atom. The molecule has 106 valence electrons. The molecule has 0 saturated heterocycles. The van der Waals surface area contributed by atoms with Gasteiger partial charge in [0, 0.05) is 30.8 Å². The van der Waals surface area contributed by atoms with Crippen LogP contribution in [0.4, 0.5) is 11.1 Å². The Balaban J connectivity index is 1.55. The highest BCUT2D eigenvalue weighted by Gasteiger charge is 2.18. The predicted octanol–water partition coefficient (Wildman–Crippen LogP) is 2.22. The molecule has 3 N–H and O–H groups in total. The van der Waals surface area contributed by atoms with Crippen molar-refractivity contribution in [1.29, 1.82) is 0 Å². The maximum Gasteiger partial charge on any atom is 0.222 e. The van der Waals surface area contributed by atoms with Gasteiger partial charge in [-0.2, -0.15) is 0 Å². The first-order valence-electron chi connectivity index (χ1n) is 6.96. The van der Waals surface area contributed by atoms with Crippen LogP contribution >= 0.6 is 11.3 Å². The van der Waals surface area contributed by atoms with Crippen molar-refractivity contribution in [3.8, 4) is 0 Å². The smallest absolute Gasteiger partial charge is 0.222 e. The molecule has 0 spiro atoms. The van der Waals surface area contributed by atoms with E-state index in [0.29, 0.717) is 17.0 Å². The fourth-order valence-electron chi connectivity index (χ4n) is 2.56. The summed E-state index contributed by atoms with van der Waals surface area (Å²) in [5.74, 6) is 1.31. The number of nitrogens with zero attached hydrogens (tertiary/aromatic N) is 4. The minimum absolute atomic E-state index is 0.513. The van der Waals surface area contributed by atoms with Crippen LogP contribution in [0.15, 0.2) is 12.3 Å². The van der Waals surface area contributed by atoms with E-state index in [1.54, 1.807) is 0 Å². The fraction of sp³-hybridized carbons (Fsp3) is 0.538. The monoisotopic (exact) mass is 290 g/mol. The van der Waals surface area contributed by atoms with Crippen LogP contribution < -0.4 is 11.1 Å². The molecule has 20 heavy (non-hydrogen) atoms. The van der Waals surface area contributed by atoms with Gasteiger partial charge in [0.2, 0.25) is 11.1 Å². The summed E-state index contributed by atoms with van der Waals surface area (Å²) < 4.78 is 0. The molecule has 0 atom stereocenters. The zero-order valence-electron chi connectivity index (χ0n) is 11.2. The van der Waals surface area contributed by atoms with Gasteiger partial charge in [0.05, 0.1) is 0 Å². The quantitative estimate of drug-likeness (QED) is 0.877. The van der Waals surface area contributed by atoms with Crippen molar-refractivity contribution in [2.75, 3.05) is 17.6 Å². The molecule has 0 aromatic carbocycles. The molecular formula is C13H18N6S. The van der Waals surface area contributed by atoms with Gasteiger partial charge in [-0.15, -0.1) is 10.2 Å². The minimum atomic E-state index is 0.513. The van der Waals surface area contributed by atoms with Gasteiger partial charge in [-0.3, -0.25) is 0 Å². The van der Waals surface area contributed by atoms with Crippen LogP contribution in [0.1, 0.15) is 42.3 Å². The van der Waals surface area contributed by atoms with E-state index in [0.717, 1.165) is 18.0 Å². The lowest BCUT2D eigenvalue weighted by molar-refractivity contribution is 0.694. The number of nitrogens with two attached hydrogens (primary N) is 1. The molecule has 0 amide bonds. The Morgan fingerprint density at radius 3 is 2.90 bits per heavy atom. The molecule has 1 fully saturated rings. The van der Waals surface area contributed by atoms with E-state index in [9.17, 15) is 0 Å². The molecule has 2 heterocycles. The number of hydrogen-bond donors (Lipinski definition) is 2. The third kappa shape index (κ3) is 3.22. The van der Waals surface area contributed by atoms with Gasteiger partial charge in [-0.1, -0.05) is 24.2 Å². The Kier molecular flexibility index (Phi) is 4.05. The Hall–Kier alpha value is -1.76. The Bertz CT molecular complexity index is 563. The van der Waals surface area contributed by atoms with Crippen molar-refractivity contribution in [3.05, 3.63) is 23.0 Å². The minimum Gasteiger partial charge on any atom is -0.374 e. The SMILES string of the molecule is Nc1nnc(CCNc2nccc(C3CCCC3)n2)s1. The highest BCUT2D eigenvalue weighted by molar-refractivity contribution is 7.15. The van der Waals surface area contributed by atoms with Gasteiger partial charge in [0.25, 0.3) is 0 Å². The van der Waals surface area contributed by atoms with E-state index in [2.05, 4.69) is 25.5 Å². The number of hydrogen-bond acceptors (Lipinski definition) is 7. The Morgan fingerprint density at radius 1 is 1.30 bits per heavy atom. The van der Waals surface area contributed by atoms with Crippen LogP contribution in [0, 0.1) is 0 Å². The van der Waals surface area contributed by atoms with Gasteiger partial charge in [0.1, 0.15) is 5.01 Å². The molecule has 7 heteroatoms. The molecule has 0 unspecified atom stereocenters. The van der Waals surface area contributed by atoms with Gasteiger partial charge < -0.3 is 11.1 Å².